The number of nitro benzene ring substituents is 1. The molecule has 0 atom stereocenters. The molecule has 0 amide bonds. The summed E-state index contributed by atoms with van der Waals surface area (Å²) in [5, 5.41) is 12.3. The number of aromatic nitrogens is 2. The molecule has 0 spiro atoms. The second-order valence-corrected chi connectivity index (χ2v) is 6.15. The molecule has 2 aromatic heterocycles. The van der Waals surface area contributed by atoms with Crippen molar-refractivity contribution in [1.82, 2.24) is 9.55 Å². The first-order valence-corrected chi connectivity index (χ1v) is 7.05. The maximum absolute atomic E-state index is 12.5. The minimum Gasteiger partial charge on any atom is -0.443 e. The maximum atomic E-state index is 12.5. The number of hydrogen-bond acceptors (Lipinski definition) is 5. The number of carbonyl (C=O) groups is 1. The lowest BCUT2D eigenvalue weighted by molar-refractivity contribution is -0.384. The van der Waals surface area contributed by atoms with Crippen LogP contribution in [-0.2, 0) is 4.74 Å². The summed E-state index contributed by atoms with van der Waals surface area (Å²) in [5.41, 5.74) is 0.246. The van der Waals surface area contributed by atoms with Gasteiger partial charge in [0.2, 0.25) is 0 Å². The highest BCUT2D eigenvalue weighted by atomic mass is 16.6. The second kappa shape index (κ2) is 5.05. The van der Waals surface area contributed by atoms with Crippen molar-refractivity contribution in [2.75, 3.05) is 0 Å². The largest absolute Gasteiger partial charge is 0.443 e. The number of non-ortho nitro benzene ring substituents is 1. The van der Waals surface area contributed by atoms with Gasteiger partial charge in [0.25, 0.3) is 5.69 Å². The molecule has 0 unspecified atom stereocenters. The highest BCUT2D eigenvalue weighted by Gasteiger charge is 2.23. The quantitative estimate of drug-likeness (QED) is 0.502. The topological polar surface area (TPSA) is 87.3 Å². The van der Waals surface area contributed by atoms with Gasteiger partial charge in [-0.1, -0.05) is 0 Å². The van der Waals surface area contributed by atoms with Gasteiger partial charge in [0.1, 0.15) is 5.60 Å². The van der Waals surface area contributed by atoms with E-state index in [0.717, 1.165) is 0 Å². The highest BCUT2D eigenvalue weighted by Crippen LogP contribution is 2.31. The molecule has 0 N–H and O–H groups in total. The molecule has 0 fully saturated rings. The van der Waals surface area contributed by atoms with Gasteiger partial charge in [0, 0.05) is 29.1 Å². The van der Waals surface area contributed by atoms with Crippen LogP contribution >= 0.6 is 0 Å². The molecule has 0 saturated carbocycles. The molecule has 1 aromatic carbocycles. The van der Waals surface area contributed by atoms with Crippen LogP contribution in [0.4, 0.5) is 10.5 Å². The average molecular weight is 313 g/mol. The molecule has 2 heterocycles. The Morgan fingerprint density at radius 3 is 2.65 bits per heavy atom. The summed E-state index contributed by atoms with van der Waals surface area (Å²) in [6.07, 6.45) is 1.00. The number of ether oxygens (including phenoxy) is 1. The molecule has 23 heavy (non-hydrogen) atoms. The van der Waals surface area contributed by atoms with Crippen molar-refractivity contribution >= 4 is 33.7 Å². The third-order valence-electron chi connectivity index (χ3n) is 3.30. The Labute approximate surface area is 131 Å². The van der Waals surface area contributed by atoms with Crippen molar-refractivity contribution in [3.8, 4) is 0 Å². The normalized spacial score (nSPS) is 11.8. The van der Waals surface area contributed by atoms with Crippen LogP contribution in [0.15, 0.2) is 36.5 Å². The summed E-state index contributed by atoms with van der Waals surface area (Å²) >= 11 is 0. The van der Waals surface area contributed by atoms with E-state index in [0.29, 0.717) is 21.9 Å². The first kappa shape index (κ1) is 15.0. The summed E-state index contributed by atoms with van der Waals surface area (Å²) in [4.78, 5) is 27.3. The van der Waals surface area contributed by atoms with Gasteiger partial charge in [-0.25, -0.2) is 14.3 Å². The van der Waals surface area contributed by atoms with Crippen LogP contribution in [0, 0.1) is 10.1 Å². The van der Waals surface area contributed by atoms with Gasteiger partial charge in [-0.3, -0.25) is 10.1 Å². The lowest BCUT2D eigenvalue weighted by Crippen LogP contribution is -2.27. The van der Waals surface area contributed by atoms with Crippen LogP contribution in [0.3, 0.4) is 0 Å². The summed E-state index contributed by atoms with van der Waals surface area (Å²) in [6, 6.07) is 7.84. The molecule has 0 saturated heterocycles. The number of fused-ring (bicyclic) bond motifs is 3. The Bertz CT molecular complexity index is 938. The number of benzene rings is 1. The molecule has 0 aliphatic heterocycles. The molecular weight excluding hydrogens is 298 g/mol. The van der Waals surface area contributed by atoms with E-state index in [-0.39, 0.29) is 5.69 Å². The molecule has 0 radical (unpaired) electrons. The van der Waals surface area contributed by atoms with Gasteiger partial charge in [0.05, 0.1) is 10.4 Å². The first-order valence-electron chi connectivity index (χ1n) is 7.05. The van der Waals surface area contributed by atoms with E-state index in [4.69, 9.17) is 4.74 Å². The number of carbonyl (C=O) groups excluding carboxylic acids is 1. The number of nitrogens with zero attached hydrogens (tertiary/aromatic N) is 3. The molecule has 0 aliphatic rings. The SMILES string of the molecule is CC(C)(C)OC(=O)n1c2ccc([N+](=O)[O-])cc2c2cccnc21. The Morgan fingerprint density at radius 2 is 2.00 bits per heavy atom. The van der Waals surface area contributed by atoms with E-state index in [1.54, 1.807) is 45.2 Å². The van der Waals surface area contributed by atoms with E-state index < -0.39 is 16.6 Å². The fourth-order valence-electron chi connectivity index (χ4n) is 2.44. The molecule has 7 nitrogen and oxygen atoms in total. The molecular formula is C16H15N3O4. The molecule has 3 aromatic rings. The van der Waals surface area contributed by atoms with E-state index in [1.807, 2.05) is 0 Å². The van der Waals surface area contributed by atoms with Crippen molar-refractivity contribution in [3.05, 3.63) is 46.6 Å². The van der Waals surface area contributed by atoms with Crippen LogP contribution in [-0.4, -0.2) is 26.2 Å². The third-order valence-corrected chi connectivity index (χ3v) is 3.30. The van der Waals surface area contributed by atoms with E-state index in [2.05, 4.69) is 4.98 Å². The fraction of sp³-hybridized carbons (Fsp3) is 0.250. The molecule has 7 heteroatoms. The zero-order chi connectivity index (χ0) is 16.8. The van der Waals surface area contributed by atoms with Gasteiger partial charge < -0.3 is 4.74 Å². The minimum absolute atomic E-state index is 0.0374. The number of rotatable bonds is 1. The predicted octanol–water partition coefficient (Wildman–Crippen LogP) is 3.88. The van der Waals surface area contributed by atoms with Gasteiger partial charge in [-0.05, 0) is 39.0 Å². The average Bonchev–Trinajstić information content (AvgIpc) is 2.79. The monoisotopic (exact) mass is 313 g/mol. The lowest BCUT2D eigenvalue weighted by Gasteiger charge is -2.20. The van der Waals surface area contributed by atoms with Crippen molar-refractivity contribution in [1.29, 1.82) is 0 Å². The highest BCUT2D eigenvalue weighted by molar-refractivity contribution is 6.11. The summed E-state index contributed by atoms with van der Waals surface area (Å²) < 4.78 is 6.77. The summed E-state index contributed by atoms with van der Waals surface area (Å²) in [7, 11) is 0. The van der Waals surface area contributed by atoms with E-state index in [9.17, 15) is 14.9 Å². The van der Waals surface area contributed by atoms with Gasteiger partial charge >= 0.3 is 6.09 Å². The van der Waals surface area contributed by atoms with Crippen molar-refractivity contribution in [2.45, 2.75) is 26.4 Å². The second-order valence-electron chi connectivity index (χ2n) is 6.15. The van der Waals surface area contributed by atoms with Gasteiger partial charge in [-0.15, -0.1) is 0 Å². The Balaban J connectivity index is 2.31. The van der Waals surface area contributed by atoms with E-state index in [1.165, 1.54) is 16.7 Å². The first-order chi connectivity index (χ1) is 10.8. The zero-order valence-electron chi connectivity index (χ0n) is 12.9. The van der Waals surface area contributed by atoms with Crippen molar-refractivity contribution < 1.29 is 14.5 Å². The molecule has 0 aliphatic carbocycles. The Kier molecular flexibility index (Phi) is 3.28. The van der Waals surface area contributed by atoms with Crippen LogP contribution < -0.4 is 0 Å². The van der Waals surface area contributed by atoms with Gasteiger partial charge in [-0.2, -0.15) is 0 Å². The smallest absolute Gasteiger partial charge is 0.420 e. The standard InChI is InChI=1S/C16H15N3O4/c1-16(2,3)23-15(20)18-13-7-6-10(19(21)22)9-12(13)11-5-4-8-17-14(11)18/h4-9H,1-3H3. The number of hydrogen-bond donors (Lipinski definition) is 0. The summed E-state index contributed by atoms with van der Waals surface area (Å²) in [5.74, 6) is 0. The molecule has 3 rings (SSSR count). The Morgan fingerprint density at radius 1 is 1.26 bits per heavy atom. The Hall–Kier alpha value is -2.96. The minimum atomic E-state index is -0.657. The van der Waals surface area contributed by atoms with Crippen LogP contribution in [0.2, 0.25) is 0 Å². The zero-order valence-corrected chi connectivity index (χ0v) is 12.9. The molecule has 118 valence electrons. The third kappa shape index (κ3) is 2.61. The van der Waals surface area contributed by atoms with Crippen molar-refractivity contribution in [3.63, 3.8) is 0 Å². The number of pyridine rings is 1. The lowest BCUT2D eigenvalue weighted by atomic mass is 10.2. The van der Waals surface area contributed by atoms with E-state index >= 15 is 0 Å². The fourth-order valence-corrected chi connectivity index (χ4v) is 2.44. The van der Waals surface area contributed by atoms with Crippen molar-refractivity contribution in [2.24, 2.45) is 0 Å². The maximum Gasteiger partial charge on any atom is 0.420 e. The number of nitro groups is 1. The van der Waals surface area contributed by atoms with Crippen LogP contribution in [0.25, 0.3) is 21.9 Å². The van der Waals surface area contributed by atoms with Crippen LogP contribution in [0.5, 0.6) is 0 Å². The van der Waals surface area contributed by atoms with Gasteiger partial charge in [0.15, 0.2) is 5.65 Å². The predicted molar refractivity (Wildman–Crippen MR) is 85.5 cm³/mol. The molecule has 0 bridgehead atoms. The van der Waals surface area contributed by atoms with Crippen LogP contribution in [0.1, 0.15) is 20.8 Å². The summed E-state index contributed by atoms with van der Waals surface area (Å²) in [6.45, 7) is 5.32.